The molecule has 2 amide bonds. The van der Waals surface area contributed by atoms with E-state index >= 15 is 0 Å². The van der Waals surface area contributed by atoms with Crippen molar-refractivity contribution >= 4 is 17.8 Å². The number of aryl methyl sites for hydroxylation is 2. The quantitative estimate of drug-likeness (QED) is 0.342. The van der Waals surface area contributed by atoms with Crippen LogP contribution in [0.2, 0.25) is 0 Å². The van der Waals surface area contributed by atoms with Gasteiger partial charge >= 0.3 is 5.97 Å². The molecule has 0 atom stereocenters. The van der Waals surface area contributed by atoms with Gasteiger partial charge in [-0.15, -0.1) is 0 Å². The number of likely N-dealkylation sites (tertiary alicyclic amines) is 1. The zero-order valence-electron chi connectivity index (χ0n) is 20.3. The fourth-order valence-corrected chi connectivity index (χ4v) is 4.17. The van der Waals surface area contributed by atoms with Gasteiger partial charge in [-0.25, -0.2) is 0 Å². The standard InChI is InChI=1S/C27H34N2O5/c1-19-7-4-8-20(2)26(19)33-16-6-11-25(31)29-14-12-22(13-15-29)18-28-27(32)23-9-5-10-24(17-23)34-21(3)30/h4-5,7-10,17,22H,6,11-16,18H2,1-3H3,(H,28,32). The molecule has 0 aromatic heterocycles. The van der Waals surface area contributed by atoms with Crippen molar-refractivity contribution < 1.29 is 23.9 Å². The number of carbonyl (C=O) groups excluding carboxylic acids is 3. The van der Waals surface area contributed by atoms with Crippen molar-refractivity contribution in [1.29, 1.82) is 0 Å². The average Bonchev–Trinajstić information content (AvgIpc) is 2.81. The smallest absolute Gasteiger partial charge is 0.308 e. The molecule has 1 N–H and O–H groups in total. The maximum atomic E-state index is 12.6. The number of esters is 1. The van der Waals surface area contributed by atoms with Crippen LogP contribution in [0, 0.1) is 19.8 Å². The Kier molecular flexibility index (Phi) is 9.08. The maximum Gasteiger partial charge on any atom is 0.308 e. The second kappa shape index (κ2) is 12.2. The SMILES string of the molecule is CC(=O)Oc1cccc(C(=O)NCC2CCN(C(=O)CCCOc3c(C)cccc3C)CC2)c1. The summed E-state index contributed by atoms with van der Waals surface area (Å²) in [4.78, 5) is 38.1. The van der Waals surface area contributed by atoms with Crippen molar-refractivity contribution in [3.05, 3.63) is 59.2 Å². The summed E-state index contributed by atoms with van der Waals surface area (Å²) < 4.78 is 10.9. The van der Waals surface area contributed by atoms with E-state index < -0.39 is 5.97 Å². The first kappa shape index (κ1) is 25.3. The summed E-state index contributed by atoms with van der Waals surface area (Å²) in [6.45, 7) is 7.88. The van der Waals surface area contributed by atoms with Crippen LogP contribution in [0.3, 0.4) is 0 Å². The van der Waals surface area contributed by atoms with Gasteiger partial charge in [-0.05, 0) is 68.4 Å². The highest BCUT2D eigenvalue weighted by molar-refractivity contribution is 5.94. The minimum atomic E-state index is -0.423. The molecule has 1 aliphatic heterocycles. The number of benzene rings is 2. The average molecular weight is 467 g/mol. The molecule has 7 heteroatoms. The van der Waals surface area contributed by atoms with Gasteiger partial charge in [-0.3, -0.25) is 14.4 Å². The van der Waals surface area contributed by atoms with Crippen LogP contribution in [-0.2, 0) is 9.59 Å². The third-order valence-corrected chi connectivity index (χ3v) is 6.07. The monoisotopic (exact) mass is 466 g/mol. The lowest BCUT2D eigenvalue weighted by molar-refractivity contribution is -0.133. The summed E-state index contributed by atoms with van der Waals surface area (Å²) in [5.41, 5.74) is 2.67. The molecule has 1 fully saturated rings. The van der Waals surface area contributed by atoms with E-state index in [1.165, 1.54) is 6.92 Å². The predicted molar refractivity (Wildman–Crippen MR) is 130 cm³/mol. The molecular formula is C27H34N2O5. The molecule has 1 aliphatic rings. The van der Waals surface area contributed by atoms with Gasteiger partial charge in [-0.2, -0.15) is 0 Å². The fraction of sp³-hybridized carbons (Fsp3) is 0.444. The summed E-state index contributed by atoms with van der Waals surface area (Å²) in [6.07, 6.45) is 2.89. The van der Waals surface area contributed by atoms with E-state index in [2.05, 4.69) is 5.32 Å². The van der Waals surface area contributed by atoms with Crippen molar-refractivity contribution in [2.75, 3.05) is 26.2 Å². The van der Waals surface area contributed by atoms with E-state index in [0.29, 0.717) is 56.3 Å². The summed E-state index contributed by atoms with van der Waals surface area (Å²) in [5.74, 6) is 1.14. The van der Waals surface area contributed by atoms with Gasteiger partial charge in [0.1, 0.15) is 11.5 Å². The summed E-state index contributed by atoms with van der Waals surface area (Å²) >= 11 is 0. The van der Waals surface area contributed by atoms with E-state index in [4.69, 9.17) is 9.47 Å². The largest absolute Gasteiger partial charge is 0.493 e. The molecule has 7 nitrogen and oxygen atoms in total. The van der Waals surface area contributed by atoms with Crippen LogP contribution >= 0.6 is 0 Å². The van der Waals surface area contributed by atoms with Crippen molar-refractivity contribution in [1.82, 2.24) is 10.2 Å². The number of ether oxygens (including phenoxy) is 2. The molecule has 0 aliphatic carbocycles. The molecule has 1 saturated heterocycles. The van der Waals surface area contributed by atoms with E-state index in [1.54, 1.807) is 24.3 Å². The molecule has 3 rings (SSSR count). The number of nitrogens with one attached hydrogen (secondary N) is 1. The Morgan fingerprint density at radius 2 is 1.71 bits per heavy atom. The van der Waals surface area contributed by atoms with E-state index in [-0.39, 0.29) is 11.8 Å². The highest BCUT2D eigenvalue weighted by Gasteiger charge is 2.23. The zero-order chi connectivity index (χ0) is 24.5. The molecule has 2 aromatic carbocycles. The lowest BCUT2D eigenvalue weighted by Gasteiger charge is -2.32. The van der Waals surface area contributed by atoms with Gasteiger partial charge in [0.05, 0.1) is 6.61 Å². The highest BCUT2D eigenvalue weighted by atomic mass is 16.5. The Bertz CT molecular complexity index is 992. The normalized spacial score (nSPS) is 13.9. The number of nitrogens with zero attached hydrogens (tertiary/aromatic N) is 1. The Morgan fingerprint density at radius 1 is 1.03 bits per heavy atom. The first-order chi connectivity index (χ1) is 16.3. The van der Waals surface area contributed by atoms with Gasteiger partial charge in [0, 0.05) is 38.5 Å². The maximum absolute atomic E-state index is 12.6. The van der Waals surface area contributed by atoms with Crippen LogP contribution in [0.25, 0.3) is 0 Å². The van der Waals surface area contributed by atoms with Crippen LogP contribution in [0.1, 0.15) is 54.1 Å². The van der Waals surface area contributed by atoms with Crippen molar-refractivity contribution in [3.63, 3.8) is 0 Å². The summed E-state index contributed by atoms with van der Waals surface area (Å²) in [7, 11) is 0. The van der Waals surface area contributed by atoms with Crippen LogP contribution < -0.4 is 14.8 Å². The number of piperidine rings is 1. The molecule has 2 aromatic rings. The predicted octanol–water partition coefficient (Wildman–Crippen LogP) is 4.06. The first-order valence-electron chi connectivity index (χ1n) is 11.9. The zero-order valence-corrected chi connectivity index (χ0v) is 20.3. The fourth-order valence-electron chi connectivity index (χ4n) is 4.17. The van der Waals surface area contributed by atoms with E-state index in [0.717, 1.165) is 29.7 Å². The molecular weight excluding hydrogens is 432 g/mol. The molecule has 0 saturated carbocycles. The third-order valence-electron chi connectivity index (χ3n) is 6.07. The summed E-state index contributed by atoms with van der Waals surface area (Å²) in [5, 5.41) is 2.96. The minimum Gasteiger partial charge on any atom is -0.493 e. The van der Waals surface area contributed by atoms with Gasteiger partial charge in [0.2, 0.25) is 5.91 Å². The topological polar surface area (TPSA) is 84.9 Å². The molecule has 0 radical (unpaired) electrons. The Morgan fingerprint density at radius 3 is 2.38 bits per heavy atom. The highest BCUT2D eigenvalue weighted by Crippen LogP contribution is 2.23. The second-order valence-electron chi connectivity index (χ2n) is 8.83. The number of para-hydroxylation sites is 1. The molecule has 0 spiro atoms. The van der Waals surface area contributed by atoms with Crippen LogP contribution in [0.5, 0.6) is 11.5 Å². The number of amides is 2. The molecule has 1 heterocycles. The number of hydrogen-bond acceptors (Lipinski definition) is 5. The third kappa shape index (κ3) is 7.33. The Balaban J connectivity index is 1.35. The lowest BCUT2D eigenvalue weighted by Crippen LogP contribution is -2.41. The van der Waals surface area contributed by atoms with Crippen LogP contribution in [0.4, 0.5) is 0 Å². The van der Waals surface area contributed by atoms with Gasteiger partial charge < -0.3 is 19.7 Å². The van der Waals surface area contributed by atoms with Gasteiger partial charge in [0.25, 0.3) is 5.91 Å². The van der Waals surface area contributed by atoms with Gasteiger partial charge in [-0.1, -0.05) is 24.3 Å². The first-order valence-corrected chi connectivity index (χ1v) is 11.9. The Hall–Kier alpha value is -3.35. The van der Waals surface area contributed by atoms with Gasteiger partial charge in [0.15, 0.2) is 0 Å². The molecule has 34 heavy (non-hydrogen) atoms. The van der Waals surface area contributed by atoms with Crippen molar-refractivity contribution in [3.8, 4) is 11.5 Å². The Labute approximate surface area is 201 Å². The van der Waals surface area contributed by atoms with Crippen molar-refractivity contribution in [2.24, 2.45) is 5.92 Å². The number of carbonyl (C=O) groups is 3. The minimum absolute atomic E-state index is 0.162. The molecule has 0 bridgehead atoms. The van der Waals surface area contributed by atoms with Crippen molar-refractivity contribution in [2.45, 2.75) is 46.5 Å². The van der Waals surface area contributed by atoms with Crippen LogP contribution in [-0.4, -0.2) is 48.9 Å². The second-order valence-corrected chi connectivity index (χ2v) is 8.83. The van der Waals surface area contributed by atoms with E-state index in [9.17, 15) is 14.4 Å². The van der Waals surface area contributed by atoms with E-state index in [1.807, 2.05) is 36.9 Å². The van der Waals surface area contributed by atoms with Crippen LogP contribution in [0.15, 0.2) is 42.5 Å². The molecule has 182 valence electrons. The molecule has 0 unspecified atom stereocenters. The number of rotatable bonds is 9. The number of hydrogen-bond donors (Lipinski definition) is 1. The lowest BCUT2D eigenvalue weighted by atomic mass is 9.96. The summed E-state index contributed by atoms with van der Waals surface area (Å²) in [6, 6.07) is 12.6.